The normalized spacial score (nSPS) is 11.7. The van der Waals surface area contributed by atoms with E-state index in [-0.39, 0.29) is 5.41 Å². The standard InChI is InChI=1S/C14H18BrN3OS/c1-14(2,3)10-7-9(15)5-6-11(10)19-8-12-16-17-13(20)18(12)4/h5-7H,8H2,1-4H3,(H,17,20). The van der Waals surface area contributed by atoms with Crippen LogP contribution in [0.3, 0.4) is 0 Å². The van der Waals surface area contributed by atoms with Crippen LogP contribution < -0.4 is 4.74 Å². The first-order valence-corrected chi connectivity index (χ1v) is 7.52. The molecule has 0 radical (unpaired) electrons. The third kappa shape index (κ3) is 3.30. The minimum Gasteiger partial charge on any atom is -0.485 e. The molecule has 0 atom stereocenters. The van der Waals surface area contributed by atoms with Gasteiger partial charge in [-0.3, -0.25) is 5.10 Å². The lowest BCUT2D eigenvalue weighted by atomic mass is 9.86. The zero-order valence-electron chi connectivity index (χ0n) is 12.0. The van der Waals surface area contributed by atoms with Gasteiger partial charge in [0.15, 0.2) is 10.6 Å². The fraction of sp³-hybridized carbons (Fsp3) is 0.429. The number of aromatic amines is 1. The van der Waals surface area contributed by atoms with Gasteiger partial charge in [-0.25, -0.2) is 0 Å². The molecule has 0 aliphatic carbocycles. The predicted octanol–water partition coefficient (Wildman–Crippen LogP) is 4.12. The van der Waals surface area contributed by atoms with E-state index < -0.39 is 0 Å². The summed E-state index contributed by atoms with van der Waals surface area (Å²) in [7, 11) is 1.87. The van der Waals surface area contributed by atoms with Crippen molar-refractivity contribution in [1.29, 1.82) is 0 Å². The molecule has 0 bridgehead atoms. The van der Waals surface area contributed by atoms with E-state index in [1.807, 2.05) is 23.7 Å². The van der Waals surface area contributed by atoms with Gasteiger partial charge >= 0.3 is 0 Å². The molecule has 1 N–H and O–H groups in total. The molecule has 2 rings (SSSR count). The minimum absolute atomic E-state index is 0.00997. The van der Waals surface area contributed by atoms with E-state index >= 15 is 0 Å². The molecule has 0 amide bonds. The van der Waals surface area contributed by atoms with Crippen molar-refractivity contribution in [1.82, 2.24) is 14.8 Å². The predicted molar refractivity (Wildman–Crippen MR) is 85.6 cm³/mol. The van der Waals surface area contributed by atoms with Gasteiger partial charge in [-0.15, -0.1) is 0 Å². The van der Waals surface area contributed by atoms with Gasteiger partial charge < -0.3 is 9.30 Å². The van der Waals surface area contributed by atoms with E-state index in [4.69, 9.17) is 17.0 Å². The van der Waals surface area contributed by atoms with Crippen molar-refractivity contribution in [3.8, 4) is 5.75 Å². The average Bonchev–Trinajstić information content (AvgIpc) is 2.67. The second-order valence-corrected chi connectivity index (χ2v) is 6.99. The monoisotopic (exact) mass is 355 g/mol. The van der Waals surface area contributed by atoms with Crippen LogP contribution in [0.5, 0.6) is 5.75 Å². The number of rotatable bonds is 3. The Hall–Kier alpha value is -1.14. The summed E-state index contributed by atoms with van der Waals surface area (Å²) in [5, 5.41) is 6.91. The molecule has 0 fully saturated rings. The molecule has 0 saturated carbocycles. The minimum atomic E-state index is 0.00997. The Bertz CT molecular complexity index is 670. The number of hydrogen-bond donors (Lipinski definition) is 1. The van der Waals surface area contributed by atoms with E-state index in [2.05, 4.69) is 53.0 Å². The molecule has 20 heavy (non-hydrogen) atoms. The van der Waals surface area contributed by atoms with Gasteiger partial charge in [0.2, 0.25) is 0 Å². The van der Waals surface area contributed by atoms with Crippen molar-refractivity contribution in [3.05, 3.63) is 38.8 Å². The molecule has 1 aromatic carbocycles. The van der Waals surface area contributed by atoms with Gasteiger partial charge in [-0.05, 0) is 35.8 Å². The second-order valence-electron chi connectivity index (χ2n) is 5.68. The van der Waals surface area contributed by atoms with Crippen molar-refractivity contribution in [2.75, 3.05) is 0 Å². The van der Waals surface area contributed by atoms with Gasteiger partial charge in [0.1, 0.15) is 12.4 Å². The highest BCUT2D eigenvalue weighted by molar-refractivity contribution is 9.10. The van der Waals surface area contributed by atoms with Crippen LogP contribution in [0.1, 0.15) is 32.2 Å². The number of ether oxygens (including phenoxy) is 1. The Morgan fingerprint density at radius 3 is 2.65 bits per heavy atom. The number of hydrogen-bond acceptors (Lipinski definition) is 3. The summed E-state index contributed by atoms with van der Waals surface area (Å²) >= 11 is 8.60. The molecule has 1 heterocycles. The molecule has 1 aromatic heterocycles. The SMILES string of the molecule is Cn1c(COc2ccc(Br)cc2C(C)(C)C)n[nH]c1=S. The zero-order valence-corrected chi connectivity index (χ0v) is 14.4. The van der Waals surface area contributed by atoms with Crippen molar-refractivity contribution >= 4 is 28.1 Å². The summed E-state index contributed by atoms with van der Waals surface area (Å²) in [5.74, 6) is 1.65. The van der Waals surface area contributed by atoms with Crippen LogP contribution >= 0.6 is 28.1 Å². The van der Waals surface area contributed by atoms with Gasteiger partial charge in [0.25, 0.3) is 0 Å². The summed E-state index contributed by atoms with van der Waals surface area (Å²) in [6, 6.07) is 6.05. The summed E-state index contributed by atoms with van der Waals surface area (Å²) in [4.78, 5) is 0. The second kappa shape index (κ2) is 5.69. The Morgan fingerprint density at radius 1 is 1.40 bits per heavy atom. The van der Waals surface area contributed by atoms with Crippen molar-refractivity contribution in [3.63, 3.8) is 0 Å². The van der Waals surface area contributed by atoms with E-state index in [9.17, 15) is 0 Å². The molecule has 2 aromatic rings. The molecule has 0 spiro atoms. The Morgan fingerprint density at radius 2 is 2.10 bits per heavy atom. The maximum Gasteiger partial charge on any atom is 0.194 e. The average molecular weight is 356 g/mol. The van der Waals surface area contributed by atoms with Gasteiger partial charge in [-0.1, -0.05) is 36.7 Å². The fourth-order valence-electron chi connectivity index (χ4n) is 1.87. The third-order valence-corrected chi connectivity index (χ3v) is 3.94. The van der Waals surface area contributed by atoms with Gasteiger partial charge in [0, 0.05) is 17.1 Å². The first-order valence-electron chi connectivity index (χ1n) is 6.32. The number of nitrogens with zero attached hydrogens (tertiary/aromatic N) is 2. The Balaban J connectivity index is 2.26. The molecule has 4 nitrogen and oxygen atoms in total. The fourth-order valence-corrected chi connectivity index (χ4v) is 2.38. The Labute approximate surface area is 132 Å². The highest BCUT2D eigenvalue weighted by Crippen LogP contribution is 2.33. The van der Waals surface area contributed by atoms with Crippen molar-refractivity contribution < 1.29 is 4.74 Å². The lowest BCUT2D eigenvalue weighted by Gasteiger charge is -2.23. The number of H-pyrrole nitrogens is 1. The lowest BCUT2D eigenvalue weighted by Crippen LogP contribution is -2.14. The van der Waals surface area contributed by atoms with Crippen molar-refractivity contribution in [2.45, 2.75) is 32.8 Å². The lowest BCUT2D eigenvalue weighted by molar-refractivity contribution is 0.283. The summed E-state index contributed by atoms with van der Waals surface area (Å²) < 4.78 is 9.38. The highest BCUT2D eigenvalue weighted by atomic mass is 79.9. The van der Waals surface area contributed by atoms with Crippen LogP contribution in [0.4, 0.5) is 0 Å². The molecule has 0 aliphatic rings. The molecular weight excluding hydrogens is 338 g/mol. The van der Waals surface area contributed by atoms with Crippen LogP contribution in [0.2, 0.25) is 0 Å². The number of nitrogens with one attached hydrogen (secondary N) is 1. The molecule has 0 aliphatic heterocycles. The van der Waals surface area contributed by atoms with E-state index in [0.717, 1.165) is 21.6 Å². The molecule has 108 valence electrons. The first kappa shape index (κ1) is 15.3. The summed E-state index contributed by atoms with van der Waals surface area (Å²) in [6.07, 6.45) is 0. The molecule has 0 saturated heterocycles. The van der Waals surface area contributed by atoms with E-state index in [1.54, 1.807) is 0 Å². The third-order valence-electron chi connectivity index (χ3n) is 3.08. The smallest absolute Gasteiger partial charge is 0.194 e. The molecule has 6 heteroatoms. The number of benzene rings is 1. The van der Waals surface area contributed by atoms with Crippen molar-refractivity contribution in [2.24, 2.45) is 7.05 Å². The van der Waals surface area contributed by atoms with E-state index in [0.29, 0.717) is 11.4 Å². The van der Waals surface area contributed by atoms with E-state index in [1.165, 1.54) is 0 Å². The summed E-state index contributed by atoms with van der Waals surface area (Å²) in [5.41, 5.74) is 1.17. The zero-order chi connectivity index (χ0) is 14.9. The maximum absolute atomic E-state index is 5.93. The van der Waals surface area contributed by atoms with Crippen LogP contribution in [0.15, 0.2) is 22.7 Å². The largest absolute Gasteiger partial charge is 0.485 e. The number of aromatic nitrogens is 3. The Kier molecular flexibility index (Phi) is 4.34. The van der Waals surface area contributed by atoms with Gasteiger partial charge in [0.05, 0.1) is 0 Å². The summed E-state index contributed by atoms with van der Waals surface area (Å²) in [6.45, 7) is 6.88. The van der Waals surface area contributed by atoms with Crippen LogP contribution in [-0.4, -0.2) is 14.8 Å². The van der Waals surface area contributed by atoms with Crippen LogP contribution in [0.25, 0.3) is 0 Å². The van der Waals surface area contributed by atoms with Crippen LogP contribution in [-0.2, 0) is 19.1 Å². The maximum atomic E-state index is 5.93. The van der Waals surface area contributed by atoms with Crippen LogP contribution in [0, 0.1) is 4.77 Å². The van der Waals surface area contributed by atoms with Gasteiger partial charge in [-0.2, -0.15) is 5.10 Å². The quantitative estimate of drug-likeness (QED) is 0.842. The molecular formula is C14H18BrN3OS. The topological polar surface area (TPSA) is 42.8 Å². The number of halogens is 1. The highest BCUT2D eigenvalue weighted by Gasteiger charge is 2.19. The molecule has 0 unspecified atom stereocenters. The first-order chi connectivity index (χ1) is 9.29.